The zero-order valence-corrected chi connectivity index (χ0v) is 13.2. The quantitative estimate of drug-likeness (QED) is 0.876. The molecule has 2 rings (SSSR count). The van der Waals surface area contributed by atoms with Crippen molar-refractivity contribution >= 4 is 29.1 Å². The first-order valence-electron chi connectivity index (χ1n) is 6.77. The van der Waals surface area contributed by atoms with Crippen LogP contribution in [-0.4, -0.2) is 15.5 Å². The molecule has 0 radical (unpaired) electrons. The number of imidazole rings is 1. The number of aryl methyl sites for hydroxylation is 1. The first-order valence-corrected chi connectivity index (χ1v) is 7.52. The van der Waals surface area contributed by atoms with Crippen LogP contribution in [0.25, 0.3) is 0 Å². The Morgan fingerprint density at radius 2 is 2.24 bits per heavy atom. The first-order chi connectivity index (χ1) is 10.1. The van der Waals surface area contributed by atoms with Gasteiger partial charge in [0, 0.05) is 25.4 Å². The van der Waals surface area contributed by atoms with Gasteiger partial charge < -0.3 is 9.88 Å². The molecule has 0 spiro atoms. The number of carbonyl (C=O) groups excluding carboxylic acids is 1. The molecule has 6 heteroatoms. The lowest BCUT2D eigenvalue weighted by atomic mass is 10.1. The number of halogens is 2. The molecule has 0 saturated heterocycles. The highest BCUT2D eigenvalue weighted by Gasteiger charge is 2.14. The molecule has 4 nitrogen and oxygen atoms in total. The second-order valence-electron chi connectivity index (χ2n) is 4.84. The van der Waals surface area contributed by atoms with Crippen LogP contribution in [-0.2, 0) is 11.3 Å². The van der Waals surface area contributed by atoms with Gasteiger partial charge in [0.05, 0.1) is 22.4 Å². The zero-order chi connectivity index (χ0) is 15.2. The van der Waals surface area contributed by atoms with Gasteiger partial charge in [0.15, 0.2) is 0 Å². The average molecular weight is 326 g/mol. The van der Waals surface area contributed by atoms with Crippen LogP contribution in [0.4, 0.5) is 0 Å². The van der Waals surface area contributed by atoms with Gasteiger partial charge in [0.25, 0.3) is 0 Å². The van der Waals surface area contributed by atoms with Crippen molar-refractivity contribution in [3.8, 4) is 0 Å². The lowest BCUT2D eigenvalue weighted by Gasteiger charge is -2.16. The molecule has 1 N–H and O–H groups in total. The predicted molar refractivity (Wildman–Crippen MR) is 84.5 cm³/mol. The molecule has 1 amide bonds. The number of nitrogens with zero attached hydrogens (tertiary/aromatic N) is 2. The molecule has 0 fully saturated rings. The molecule has 0 unspecified atom stereocenters. The number of nitrogens with one attached hydrogen (secondary N) is 1. The van der Waals surface area contributed by atoms with Crippen LogP contribution in [0.5, 0.6) is 0 Å². The number of hydrogen-bond acceptors (Lipinski definition) is 2. The molecule has 1 aromatic heterocycles. The van der Waals surface area contributed by atoms with Crippen molar-refractivity contribution in [3.63, 3.8) is 0 Å². The van der Waals surface area contributed by atoms with Gasteiger partial charge in [0.2, 0.25) is 5.91 Å². The van der Waals surface area contributed by atoms with Gasteiger partial charge in [-0.05, 0) is 25.0 Å². The van der Waals surface area contributed by atoms with Crippen molar-refractivity contribution in [2.75, 3.05) is 0 Å². The number of rotatable bonds is 6. The maximum atomic E-state index is 11.9. The van der Waals surface area contributed by atoms with Crippen LogP contribution >= 0.6 is 23.2 Å². The minimum atomic E-state index is -0.169. The van der Waals surface area contributed by atoms with E-state index in [4.69, 9.17) is 23.2 Å². The van der Waals surface area contributed by atoms with E-state index < -0.39 is 0 Å². The van der Waals surface area contributed by atoms with E-state index in [0.717, 1.165) is 18.5 Å². The van der Waals surface area contributed by atoms with Crippen molar-refractivity contribution < 1.29 is 4.79 Å². The van der Waals surface area contributed by atoms with E-state index in [9.17, 15) is 4.79 Å². The minimum Gasteiger partial charge on any atom is -0.350 e. The summed E-state index contributed by atoms with van der Waals surface area (Å²) in [7, 11) is 0. The lowest BCUT2D eigenvalue weighted by Crippen LogP contribution is -2.26. The van der Waals surface area contributed by atoms with Crippen molar-refractivity contribution in [3.05, 3.63) is 52.5 Å². The smallest absolute Gasteiger partial charge is 0.220 e. The highest BCUT2D eigenvalue weighted by atomic mass is 35.5. The molecular formula is C15H17Cl2N3O. The second kappa shape index (κ2) is 7.48. The molecule has 2 aromatic rings. The van der Waals surface area contributed by atoms with Gasteiger partial charge in [0.1, 0.15) is 0 Å². The highest BCUT2D eigenvalue weighted by Crippen LogP contribution is 2.29. The van der Waals surface area contributed by atoms with Gasteiger partial charge >= 0.3 is 0 Å². The fourth-order valence-corrected chi connectivity index (χ4v) is 2.56. The summed E-state index contributed by atoms with van der Waals surface area (Å²) in [5.41, 5.74) is 0.826. The van der Waals surface area contributed by atoms with E-state index in [1.807, 2.05) is 29.8 Å². The van der Waals surface area contributed by atoms with Crippen LogP contribution < -0.4 is 5.32 Å². The number of amides is 1. The Morgan fingerprint density at radius 1 is 1.43 bits per heavy atom. The van der Waals surface area contributed by atoms with E-state index >= 15 is 0 Å². The van der Waals surface area contributed by atoms with E-state index in [1.54, 1.807) is 18.6 Å². The summed E-state index contributed by atoms with van der Waals surface area (Å²) in [6, 6.07) is 5.25. The Morgan fingerprint density at radius 3 is 2.95 bits per heavy atom. The third kappa shape index (κ3) is 4.48. The normalized spacial score (nSPS) is 12.1. The second-order valence-corrected chi connectivity index (χ2v) is 5.62. The van der Waals surface area contributed by atoms with Crippen molar-refractivity contribution in [2.45, 2.75) is 32.4 Å². The van der Waals surface area contributed by atoms with Crippen LogP contribution in [0.2, 0.25) is 10.0 Å². The average Bonchev–Trinajstić information content (AvgIpc) is 2.95. The van der Waals surface area contributed by atoms with Crippen molar-refractivity contribution in [1.29, 1.82) is 0 Å². The van der Waals surface area contributed by atoms with Crippen molar-refractivity contribution in [1.82, 2.24) is 14.9 Å². The summed E-state index contributed by atoms with van der Waals surface area (Å²) in [5, 5.41) is 3.92. The molecule has 1 atom stereocenters. The van der Waals surface area contributed by atoms with E-state index in [1.165, 1.54) is 0 Å². The fourth-order valence-electron chi connectivity index (χ4n) is 2.09. The number of carbonyl (C=O) groups is 1. The molecule has 0 aliphatic heterocycles. The number of aromatic nitrogens is 2. The molecule has 21 heavy (non-hydrogen) atoms. The van der Waals surface area contributed by atoms with Crippen LogP contribution in [0.15, 0.2) is 36.9 Å². The SMILES string of the molecule is C[C@H](NC(=O)CCCn1ccnc1)c1cccc(Cl)c1Cl. The molecule has 0 aliphatic carbocycles. The summed E-state index contributed by atoms with van der Waals surface area (Å²) in [5.74, 6) is -0.00124. The topological polar surface area (TPSA) is 46.9 Å². The first kappa shape index (κ1) is 15.9. The summed E-state index contributed by atoms with van der Waals surface area (Å²) in [4.78, 5) is 15.9. The minimum absolute atomic E-state index is 0.00124. The molecule has 0 aliphatic rings. The summed E-state index contributed by atoms with van der Waals surface area (Å²) >= 11 is 12.1. The standard InChI is InChI=1S/C15H17Cl2N3O/c1-11(12-4-2-5-13(16)15(12)17)19-14(21)6-3-8-20-9-7-18-10-20/h2,4-5,7,9-11H,3,6,8H2,1H3,(H,19,21)/t11-/m0/s1. The Hall–Kier alpha value is -1.52. The summed E-state index contributed by atoms with van der Waals surface area (Å²) in [6.07, 6.45) is 6.57. The largest absolute Gasteiger partial charge is 0.350 e. The van der Waals surface area contributed by atoms with Gasteiger partial charge in [-0.25, -0.2) is 4.98 Å². The van der Waals surface area contributed by atoms with Gasteiger partial charge in [-0.1, -0.05) is 35.3 Å². The monoisotopic (exact) mass is 325 g/mol. The Bertz CT molecular complexity index is 599. The molecule has 1 aromatic carbocycles. The van der Waals surface area contributed by atoms with Crippen LogP contribution in [0.1, 0.15) is 31.4 Å². The van der Waals surface area contributed by atoms with Crippen LogP contribution in [0, 0.1) is 0 Å². The van der Waals surface area contributed by atoms with E-state index in [-0.39, 0.29) is 11.9 Å². The predicted octanol–water partition coefficient (Wildman–Crippen LogP) is 3.85. The third-order valence-electron chi connectivity index (χ3n) is 3.20. The molecule has 112 valence electrons. The van der Waals surface area contributed by atoms with E-state index in [2.05, 4.69) is 10.3 Å². The highest BCUT2D eigenvalue weighted by molar-refractivity contribution is 6.42. The van der Waals surface area contributed by atoms with Gasteiger partial charge in [-0.15, -0.1) is 0 Å². The van der Waals surface area contributed by atoms with Gasteiger partial charge in [-0.3, -0.25) is 4.79 Å². The maximum absolute atomic E-state index is 11.9. The van der Waals surface area contributed by atoms with Gasteiger partial charge in [-0.2, -0.15) is 0 Å². The lowest BCUT2D eigenvalue weighted by molar-refractivity contribution is -0.121. The Kier molecular flexibility index (Phi) is 5.65. The molecule has 1 heterocycles. The Balaban J connectivity index is 1.83. The van der Waals surface area contributed by atoms with E-state index in [0.29, 0.717) is 16.5 Å². The molecule has 0 saturated carbocycles. The summed E-state index contributed by atoms with van der Waals surface area (Å²) in [6.45, 7) is 2.67. The maximum Gasteiger partial charge on any atom is 0.220 e. The number of hydrogen-bond donors (Lipinski definition) is 1. The summed E-state index contributed by atoms with van der Waals surface area (Å²) < 4.78 is 1.95. The number of benzene rings is 1. The third-order valence-corrected chi connectivity index (χ3v) is 4.04. The Labute approximate surface area is 134 Å². The zero-order valence-electron chi connectivity index (χ0n) is 11.7. The van der Waals surface area contributed by atoms with Crippen LogP contribution in [0.3, 0.4) is 0 Å². The van der Waals surface area contributed by atoms with Crippen molar-refractivity contribution in [2.24, 2.45) is 0 Å². The molecular weight excluding hydrogens is 309 g/mol. The molecule has 0 bridgehead atoms. The fraction of sp³-hybridized carbons (Fsp3) is 0.333.